The number of aromatic nitrogens is 3. The number of rotatable bonds is 6. The summed E-state index contributed by atoms with van der Waals surface area (Å²) in [7, 11) is 1.77. The maximum absolute atomic E-state index is 12.4. The van der Waals surface area contributed by atoms with Crippen LogP contribution in [0.4, 0.5) is 0 Å². The number of amides is 1. The van der Waals surface area contributed by atoms with Crippen LogP contribution < -0.4 is 5.32 Å². The average molecular weight is 341 g/mol. The summed E-state index contributed by atoms with van der Waals surface area (Å²) in [5, 5.41) is 11.2. The molecule has 1 aromatic heterocycles. The largest absolute Gasteiger partial charge is 0.349 e. The first kappa shape index (κ1) is 17.6. The van der Waals surface area contributed by atoms with Crippen molar-refractivity contribution in [3.63, 3.8) is 0 Å². The number of nitrogens with one attached hydrogen (secondary N) is 1. The second kappa shape index (κ2) is 8.25. The Morgan fingerprint density at radius 1 is 1.28 bits per heavy atom. The summed E-state index contributed by atoms with van der Waals surface area (Å²) in [4.78, 5) is 16.2. The molecular formula is C19H27N5O. The van der Waals surface area contributed by atoms with Crippen LogP contribution in [0.3, 0.4) is 0 Å². The monoisotopic (exact) mass is 341 g/mol. The molecule has 1 N–H and O–H groups in total. The number of carbonyl (C=O) groups excluding carboxylic acids is 1. The molecule has 6 heteroatoms. The third kappa shape index (κ3) is 4.89. The standard InChI is InChI=1S/C19H27N5O/c1-15(19(25)20-13-18-14-21-23(2)22-18)24-10-8-17(9-11-24)12-16-6-4-3-5-7-16/h3-7,14-15,17H,8-13H2,1-2H3,(H,20,25). The van der Waals surface area contributed by atoms with Crippen molar-refractivity contribution in [2.75, 3.05) is 13.1 Å². The number of piperidine rings is 1. The van der Waals surface area contributed by atoms with Gasteiger partial charge in [0.2, 0.25) is 5.91 Å². The lowest BCUT2D eigenvalue weighted by Gasteiger charge is -2.35. The molecule has 0 spiro atoms. The Labute approximate surface area is 149 Å². The zero-order valence-corrected chi connectivity index (χ0v) is 15.1. The molecule has 1 aliphatic rings. The number of aryl methyl sites for hydroxylation is 1. The maximum Gasteiger partial charge on any atom is 0.237 e. The summed E-state index contributed by atoms with van der Waals surface area (Å²) in [6, 6.07) is 10.6. The minimum Gasteiger partial charge on any atom is -0.349 e. The van der Waals surface area contributed by atoms with Crippen LogP contribution in [0.5, 0.6) is 0 Å². The van der Waals surface area contributed by atoms with Crippen molar-refractivity contribution in [2.45, 2.75) is 38.8 Å². The van der Waals surface area contributed by atoms with E-state index in [1.54, 1.807) is 13.2 Å². The van der Waals surface area contributed by atoms with Gasteiger partial charge in [-0.25, -0.2) is 0 Å². The van der Waals surface area contributed by atoms with Gasteiger partial charge in [0.25, 0.3) is 0 Å². The molecule has 2 aromatic rings. The zero-order valence-electron chi connectivity index (χ0n) is 15.1. The molecule has 1 saturated heterocycles. The number of carbonyl (C=O) groups is 1. The quantitative estimate of drug-likeness (QED) is 0.870. The number of likely N-dealkylation sites (tertiary alicyclic amines) is 1. The van der Waals surface area contributed by atoms with Crippen molar-refractivity contribution in [1.82, 2.24) is 25.2 Å². The molecule has 1 unspecified atom stereocenters. The first-order valence-electron chi connectivity index (χ1n) is 9.02. The molecule has 1 fully saturated rings. The third-order valence-electron chi connectivity index (χ3n) is 5.03. The summed E-state index contributed by atoms with van der Waals surface area (Å²) < 4.78 is 0. The van der Waals surface area contributed by atoms with Crippen molar-refractivity contribution in [2.24, 2.45) is 13.0 Å². The molecule has 134 valence electrons. The highest BCUT2D eigenvalue weighted by Gasteiger charge is 2.26. The van der Waals surface area contributed by atoms with Crippen LogP contribution in [0.1, 0.15) is 31.0 Å². The molecule has 0 saturated carbocycles. The van der Waals surface area contributed by atoms with E-state index in [1.165, 1.54) is 10.4 Å². The van der Waals surface area contributed by atoms with Crippen LogP contribution >= 0.6 is 0 Å². The van der Waals surface area contributed by atoms with Gasteiger partial charge < -0.3 is 5.32 Å². The Morgan fingerprint density at radius 3 is 2.64 bits per heavy atom. The molecule has 6 nitrogen and oxygen atoms in total. The van der Waals surface area contributed by atoms with Gasteiger partial charge in [-0.1, -0.05) is 30.3 Å². The van der Waals surface area contributed by atoms with E-state index in [0.29, 0.717) is 12.5 Å². The van der Waals surface area contributed by atoms with Crippen LogP contribution in [0.25, 0.3) is 0 Å². The summed E-state index contributed by atoms with van der Waals surface area (Å²) in [5.41, 5.74) is 2.19. The van der Waals surface area contributed by atoms with E-state index < -0.39 is 0 Å². The van der Waals surface area contributed by atoms with Crippen molar-refractivity contribution in [3.05, 3.63) is 47.8 Å². The predicted molar refractivity (Wildman–Crippen MR) is 96.8 cm³/mol. The highest BCUT2D eigenvalue weighted by atomic mass is 16.2. The molecule has 3 rings (SSSR count). The van der Waals surface area contributed by atoms with Crippen molar-refractivity contribution < 1.29 is 4.79 Å². The molecule has 25 heavy (non-hydrogen) atoms. The Hall–Kier alpha value is -2.21. The van der Waals surface area contributed by atoms with E-state index in [2.05, 4.69) is 50.7 Å². The van der Waals surface area contributed by atoms with Gasteiger partial charge in [0.1, 0.15) is 5.69 Å². The Morgan fingerprint density at radius 2 is 2.00 bits per heavy atom. The summed E-state index contributed by atoms with van der Waals surface area (Å²) in [6.07, 6.45) is 5.12. The Kier molecular flexibility index (Phi) is 5.81. The molecule has 1 atom stereocenters. The topological polar surface area (TPSA) is 63.1 Å². The molecule has 0 radical (unpaired) electrons. The number of nitrogens with zero attached hydrogens (tertiary/aromatic N) is 4. The van der Waals surface area contributed by atoms with Crippen LogP contribution in [0.2, 0.25) is 0 Å². The SMILES string of the molecule is CC(C(=O)NCc1cnn(C)n1)N1CCC(Cc2ccccc2)CC1. The lowest BCUT2D eigenvalue weighted by atomic mass is 9.89. The van der Waals surface area contributed by atoms with Crippen LogP contribution in [0, 0.1) is 5.92 Å². The van der Waals surface area contributed by atoms with E-state index in [0.717, 1.165) is 38.0 Å². The fraction of sp³-hybridized carbons (Fsp3) is 0.526. The number of hydrogen-bond donors (Lipinski definition) is 1. The zero-order chi connectivity index (χ0) is 17.6. The smallest absolute Gasteiger partial charge is 0.237 e. The van der Waals surface area contributed by atoms with Gasteiger partial charge in [0, 0.05) is 7.05 Å². The number of hydrogen-bond acceptors (Lipinski definition) is 4. The first-order chi connectivity index (χ1) is 12.1. The highest BCUT2D eigenvalue weighted by molar-refractivity contribution is 5.81. The summed E-state index contributed by atoms with van der Waals surface area (Å²) in [6.45, 7) is 4.39. The molecule has 1 amide bonds. The molecule has 0 bridgehead atoms. The average Bonchev–Trinajstić information content (AvgIpc) is 3.06. The van der Waals surface area contributed by atoms with Crippen LogP contribution in [0.15, 0.2) is 36.5 Å². The van der Waals surface area contributed by atoms with E-state index in [4.69, 9.17) is 0 Å². The van der Waals surface area contributed by atoms with Gasteiger partial charge in [-0.2, -0.15) is 15.0 Å². The second-order valence-corrected chi connectivity index (χ2v) is 6.89. The maximum atomic E-state index is 12.4. The highest BCUT2D eigenvalue weighted by Crippen LogP contribution is 2.22. The summed E-state index contributed by atoms with van der Waals surface area (Å²) >= 11 is 0. The first-order valence-corrected chi connectivity index (χ1v) is 9.02. The fourth-order valence-electron chi connectivity index (χ4n) is 3.45. The fourth-order valence-corrected chi connectivity index (χ4v) is 3.45. The van der Waals surface area contributed by atoms with E-state index in [-0.39, 0.29) is 11.9 Å². The molecule has 2 heterocycles. The van der Waals surface area contributed by atoms with Crippen molar-refractivity contribution >= 4 is 5.91 Å². The Balaban J connectivity index is 1.42. The predicted octanol–water partition coefficient (Wildman–Crippen LogP) is 1.77. The van der Waals surface area contributed by atoms with Gasteiger partial charge in [0.05, 0.1) is 18.8 Å². The minimum atomic E-state index is -0.102. The van der Waals surface area contributed by atoms with Crippen molar-refractivity contribution in [1.29, 1.82) is 0 Å². The molecular weight excluding hydrogens is 314 g/mol. The lowest BCUT2D eigenvalue weighted by molar-refractivity contribution is -0.126. The molecule has 1 aliphatic heterocycles. The van der Waals surface area contributed by atoms with E-state index in [1.807, 2.05) is 6.92 Å². The van der Waals surface area contributed by atoms with Gasteiger partial charge in [0.15, 0.2) is 0 Å². The van der Waals surface area contributed by atoms with Crippen LogP contribution in [-0.4, -0.2) is 44.9 Å². The van der Waals surface area contributed by atoms with E-state index in [9.17, 15) is 4.79 Å². The van der Waals surface area contributed by atoms with Crippen molar-refractivity contribution in [3.8, 4) is 0 Å². The Bertz CT molecular complexity index is 676. The van der Waals surface area contributed by atoms with Crippen LogP contribution in [-0.2, 0) is 24.8 Å². The van der Waals surface area contributed by atoms with Gasteiger partial charge in [-0.05, 0) is 50.8 Å². The number of benzene rings is 1. The van der Waals surface area contributed by atoms with Gasteiger partial charge in [-0.15, -0.1) is 0 Å². The van der Waals surface area contributed by atoms with Gasteiger partial charge in [-0.3, -0.25) is 9.69 Å². The molecule has 0 aliphatic carbocycles. The summed E-state index contributed by atoms with van der Waals surface area (Å²) in [5.74, 6) is 0.778. The second-order valence-electron chi connectivity index (χ2n) is 6.89. The lowest BCUT2D eigenvalue weighted by Crippen LogP contribution is -2.48. The normalized spacial score (nSPS) is 17.4. The molecule has 1 aromatic carbocycles. The third-order valence-corrected chi connectivity index (χ3v) is 5.03. The van der Waals surface area contributed by atoms with E-state index >= 15 is 0 Å². The minimum absolute atomic E-state index is 0.0622. The van der Waals surface area contributed by atoms with Gasteiger partial charge >= 0.3 is 0 Å².